The molecule has 0 saturated carbocycles. The van der Waals surface area contributed by atoms with E-state index >= 15 is 0 Å². The maximum absolute atomic E-state index is 9.25. The zero-order chi connectivity index (χ0) is 4.28. The van der Waals surface area contributed by atoms with E-state index in [0.29, 0.717) is 0 Å². The third kappa shape index (κ3) is 28.3. The largest absolute Gasteiger partial charge is 0.478 e. The minimum atomic E-state index is -0.981. The van der Waals surface area contributed by atoms with Crippen LogP contribution in [0, 0.1) is 0 Å². The molecule has 0 aliphatic rings. The van der Waals surface area contributed by atoms with Gasteiger partial charge in [-0.15, -0.1) is 0 Å². The second-order valence-electron chi connectivity index (χ2n) is 0.542. The van der Waals surface area contributed by atoms with E-state index in [0.717, 1.165) is 6.08 Å². The average molecular weight is 124 g/mol. The first kappa shape index (κ1) is 16.0. The SMILES string of the molecule is C=CC(=O)O.O.P. The molecular weight excluding hydrogens is 115 g/mol. The van der Waals surface area contributed by atoms with E-state index in [-0.39, 0.29) is 15.4 Å². The Morgan fingerprint density at radius 3 is 1.86 bits per heavy atom. The number of carbonyl (C=O) groups is 1. The molecule has 0 bridgehead atoms. The lowest BCUT2D eigenvalue weighted by Crippen LogP contribution is -1.82. The van der Waals surface area contributed by atoms with E-state index in [1.807, 2.05) is 0 Å². The number of hydrogen-bond donors (Lipinski definition) is 1. The Morgan fingerprint density at radius 1 is 1.71 bits per heavy atom. The van der Waals surface area contributed by atoms with Crippen LogP contribution in [-0.2, 0) is 4.79 Å². The predicted molar refractivity (Wildman–Crippen MR) is 32.6 cm³/mol. The van der Waals surface area contributed by atoms with Gasteiger partial charge in [-0.2, -0.15) is 9.90 Å². The molecule has 0 aliphatic heterocycles. The van der Waals surface area contributed by atoms with Crippen LogP contribution in [0.3, 0.4) is 0 Å². The third-order valence-electron chi connectivity index (χ3n) is 0.175. The highest BCUT2D eigenvalue weighted by atomic mass is 31.0. The lowest BCUT2D eigenvalue weighted by molar-refractivity contribution is -0.131. The molecular formula is C3H9O3P. The molecule has 0 aromatic heterocycles. The smallest absolute Gasteiger partial charge is 0.327 e. The van der Waals surface area contributed by atoms with E-state index in [4.69, 9.17) is 5.11 Å². The summed E-state index contributed by atoms with van der Waals surface area (Å²) in [7, 11) is 0. The highest BCUT2D eigenvalue weighted by Crippen LogP contribution is 1.54. The molecule has 0 aliphatic carbocycles. The van der Waals surface area contributed by atoms with E-state index in [9.17, 15) is 4.79 Å². The van der Waals surface area contributed by atoms with Crippen LogP contribution in [0.25, 0.3) is 0 Å². The van der Waals surface area contributed by atoms with Crippen molar-refractivity contribution < 1.29 is 15.4 Å². The molecule has 0 spiro atoms. The highest BCUT2D eigenvalue weighted by molar-refractivity contribution is 6.92. The minimum absolute atomic E-state index is 0. The molecule has 0 radical (unpaired) electrons. The molecule has 0 saturated heterocycles. The topological polar surface area (TPSA) is 68.8 Å². The molecule has 1 atom stereocenters. The van der Waals surface area contributed by atoms with Gasteiger partial charge >= 0.3 is 5.97 Å². The van der Waals surface area contributed by atoms with Gasteiger partial charge in [0.15, 0.2) is 0 Å². The van der Waals surface area contributed by atoms with Crippen molar-refractivity contribution in [2.75, 3.05) is 0 Å². The Kier molecular flexibility index (Phi) is 20.9. The second kappa shape index (κ2) is 9.14. The van der Waals surface area contributed by atoms with Crippen molar-refractivity contribution in [1.29, 1.82) is 0 Å². The van der Waals surface area contributed by atoms with Crippen molar-refractivity contribution in [2.24, 2.45) is 0 Å². The van der Waals surface area contributed by atoms with Gasteiger partial charge in [-0.25, -0.2) is 4.79 Å². The summed E-state index contributed by atoms with van der Waals surface area (Å²) in [5.41, 5.74) is 0. The van der Waals surface area contributed by atoms with Crippen molar-refractivity contribution in [2.45, 2.75) is 0 Å². The Bertz CT molecular complexity index is 61.2. The zero-order valence-electron chi connectivity index (χ0n) is 3.85. The van der Waals surface area contributed by atoms with Crippen LogP contribution >= 0.6 is 9.90 Å². The van der Waals surface area contributed by atoms with Crippen molar-refractivity contribution >= 4 is 15.9 Å². The Morgan fingerprint density at radius 2 is 1.86 bits per heavy atom. The molecule has 0 heterocycles. The van der Waals surface area contributed by atoms with Crippen LogP contribution in [0.15, 0.2) is 12.7 Å². The van der Waals surface area contributed by atoms with E-state index in [1.165, 1.54) is 0 Å². The Labute approximate surface area is 45.0 Å². The average Bonchev–Trinajstić information content (AvgIpc) is 1.38. The molecule has 0 fully saturated rings. The lowest BCUT2D eigenvalue weighted by atomic mass is 10.7. The first-order valence-electron chi connectivity index (χ1n) is 1.12. The molecule has 3 N–H and O–H groups in total. The van der Waals surface area contributed by atoms with Crippen LogP contribution in [0.1, 0.15) is 0 Å². The molecule has 44 valence electrons. The molecule has 0 rings (SSSR count). The first-order valence-corrected chi connectivity index (χ1v) is 1.12. The van der Waals surface area contributed by atoms with Gasteiger partial charge in [0.2, 0.25) is 0 Å². The zero-order valence-corrected chi connectivity index (χ0v) is 5.26. The van der Waals surface area contributed by atoms with Crippen LogP contribution in [-0.4, -0.2) is 16.6 Å². The fourth-order valence-corrected chi connectivity index (χ4v) is 0. The van der Waals surface area contributed by atoms with E-state index in [2.05, 4.69) is 6.58 Å². The highest BCUT2D eigenvalue weighted by Gasteiger charge is 1.73. The molecule has 0 amide bonds. The van der Waals surface area contributed by atoms with Crippen molar-refractivity contribution in [3.05, 3.63) is 12.7 Å². The second-order valence-corrected chi connectivity index (χ2v) is 0.542. The Balaban J connectivity index is -0.0000000800. The third-order valence-corrected chi connectivity index (χ3v) is 0.175. The van der Waals surface area contributed by atoms with Crippen LogP contribution in [0.2, 0.25) is 0 Å². The maximum atomic E-state index is 9.25. The summed E-state index contributed by atoms with van der Waals surface area (Å²) >= 11 is 0. The summed E-state index contributed by atoms with van der Waals surface area (Å²) in [4.78, 5) is 9.25. The summed E-state index contributed by atoms with van der Waals surface area (Å²) in [5.74, 6) is -0.981. The number of carboxylic acid groups (broad SMARTS) is 1. The van der Waals surface area contributed by atoms with Gasteiger partial charge in [0, 0.05) is 6.08 Å². The minimum Gasteiger partial charge on any atom is -0.478 e. The van der Waals surface area contributed by atoms with Gasteiger partial charge in [-0.3, -0.25) is 0 Å². The molecule has 3 nitrogen and oxygen atoms in total. The Hall–Kier alpha value is -0.400. The lowest BCUT2D eigenvalue weighted by Gasteiger charge is -1.64. The summed E-state index contributed by atoms with van der Waals surface area (Å²) in [6.45, 7) is 2.96. The maximum Gasteiger partial charge on any atom is 0.327 e. The van der Waals surface area contributed by atoms with Gasteiger partial charge < -0.3 is 10.6 Å². The molecule has 0 aromatic rings. The summed E-state index contributed by atoms with van der Waals surface area (Å²) in [5, 5.41) is 7.60. The molecule has 7 heavy (non-hydrogen) atoms. The van der Waals surface area contributed by atoms with Gasteiger partial charge in [0.25, 0.3) is 0 Å². The monoisotopic (exact) mass is 124 g/mol. The van der Waals surface area contributed by atoms with Gasteiger partial charge in [0.05, 0.1) is 0 Å². The van der Waals surface area contributed by atoms with E-state index < -0.39 is 5.97 Å². The summed E-state index contributed by atoms with van der Waals surface area (Å²) < 4.78 is 0. The van der Waals surface area contributed by atoms with Crippen molar-refractivity contribution in [3.8, 4) is 0 Å². The van der Waals surface area contributed by atoms with Gasteiger partial charge in [-0.1, -0.05) is 6.58 Å². The number of aliphatic carboxylic acids is 1. The number of rotatable bonds is 1. The standard InChI is InChI=1S/C3H4O2.H2O.H3P/c1-2-3(4)5;;/h2H,1H2,(H,4,5);1H2;1H3. The van der Waals surface area contributed by atoms with Crippen molar-refractivity contribution in [1.82, 2.24) is 0 Å². The number of hydrogen-bond acceptors (Lipinski definition) is 1. The van der Waals surface area contributed by atoms with Crippen molar-refractivity contribution in [3.63, 3.8) is 0 Å². The van der Waals surface area contributed by atoms with Crippen LogP contribution in [0.5, 0.6) is 0 Å². The molecule has 0 aromatic carbocycles. The van der Waals surface area contributed by atoms with Crippen LogP contribution < -0.4 is 0 Å². The summed E-state index contributed by atoms with van der Waals surface area (Å²) in [6.07, 6.45) is 0.833. The van der Waals surface area contributed by atoms with Gasteiger partial charge in [0.1, 0.15) is 0 Å². The number of carboxylic acids is 1. The van der Waals surface area contributed by atoms with Gasteiger partial charge in [-0.05, 0) is 0 Å². The predicted octanol–water partition coefficient (Wildman–Crippen LogP) is -0.510. The fraction of sp³-hybridized carbons (Fsp3) is 0. The van der Waals surface area contributed by atoms with Crippen LogP contribution in [0.4, 0.5) is 0 Å². The normalized spacial score (nSPS) is 4.57. The summed E-state index contributed by atoms with van der Waals surface area (Å²) in [6, 6.07) is 0. The molecule has 1 unspecified atom stereocenters. The van der Waals surface area contributed by atoms with E-state index in [1.54, 1.807) is 0 Å². The fourth-order valence-electron chi connectivity index (χ4n) is 0. The molecule has 4 heteroatoms. The first-order chi connectivity index (χ1) is 2.27. The quantitative estimate of drug-likeness (QED) is 0.378.